The quantitative estimate of drug-likeness (QED) is 0.579. The van der Waals surface area contributed by atoms with Crippen molar-refractivity contribution in [3.63, 3.8) is 0 Å². The lowest BCUT2D eigenvalue weighted by atomic mass is 10.2. The molecule has 5 heteroatoms. The molecule has 0 radical (unpaired) electrons. The van der Waals surface area contributed by atoms with Crippen LogP contribution in [-0.2, 0) is 4.79 Å². The van der Waals surface area contributed by atoms with Gasteiger partial charge >= 0.3 is 0 Å². The van der Waals surface area contributed by atoms with Gasteiger partial charge in [0, 0.05) is 25.0 Å². The molecule has 1 amide bonds. The molecule has 0 aliphatic carbocycles. The molecule has 0 heterocycles. The number of benzene rings is 1. The van der Waals surface area contributed by atoms with E-state index < -0.39 is 0 Å². The summed E-state index contributed by atoms with van der Waals surface area (Å²) in [7, 11) is 1.83. The second-order valence-electron chi connectivity index (χ2n) is 3.71. The van der Waals surface area contributed by atoms with Crippen molar-refractivity contribution in [1.82, 2.24) is 5.32 Å². The summed E-state index contributed by atoms with van der Waals surface area (Å²) >= 11 is 0. The molecular formula is C12H16N4O. The zero-order chi connectivity index (χ0) is 12.7. The maximum Gasteiger partial charge on any atom is 0.239 e. The van der Waals surface area contributed by atoms with Crippen molar-refractivity contribution in [1.29, 1.82) is 5.26 Å². The Bertz CT molecular complexity index is 408. The van der Waals surface area contributed by atoms with Crippen LogP contribution in [0, 0.1) is 11.3 Å². The monoisotopic (exact) mass is 232 g/mol. The summed E-state index contributed by atoms with van der Waals surface area (Å²) in [5, 5.41) is 11.0. The number of anilines is 2. The summed E-state index contributed by atoms with van der Waals surface area (Å²) in [4.78, 5) is 13.3. The Labute approximate surface area is 101 Å². The minimum absolute atomic E-state index is 0.0976. The van der Waals surface area contributed by atoms with E-state index in [0.717, 1.165) is 5.69 Å². The van der Waals surface area contributed by atoms with Crippen molar-refractivity contribution in [3.8, 4) is 6.07 Å². The molecule has 0 aromatic heterocycles. The van der Waals surface area contributed by atoms with E-state index in [1.807, 2.05) is 30.1 Å². The van der Waals surface area contributed by atoms with Crippen LogP contribution in [0.2, 0.25) is 0 Å². The molecule has 0 saturated heterocycles. The summed E-state index contributed by atoms with van der Waals surface area (Å²) in [6, 6.07) is 9.27. The summed E-state index contributed by atoms with van der Waals surface area (Å²) in [6.45, 7) is 0.653. The van der Waals surface area contributed by atoms with Gasteiger partial charge in [0.25, 0.3) is 0 Å². The van der Waals surface area contributed by atoms with Gasteiger partial charge in [0.1, 0.15) is 0 Å². The minimum atomic E-state index is -0.0976. The number of likely N-dealkylation sites (N-methyl/N-ethyl adjacent to an activating group) is 1. The van der Waals surface area contributed by atoms with E-state index in [-0.39, 0.29) is 12.5 Å². The lowest BCUT2D eigenvalue weighted by molar-refractivity contribution is -0.119. The van der Waals surface area contributed by atoms with E-state index in [0.29, 0.717) is 18.7 Å². The van der Waals surface area contributed by atoms with Crippen LogP contribution in [0.4, 0.5) is 11.4 Å². The molecule has 1 aromatic rings. The fourth-order valence-electron chi connectivity index (χ4n) is 1.35. The predicted octanol–water partition coefficient (Wildman–Crippen LogP) is 0.735. The summed E-state index contributed by atoms with van der Waals surface area (Å²) in [6.07, 6.45) is 0.331. The normalized spacial score (nSPS) is 9.41. The highest BCUT2D eigenvalue weighted by Gasteiger charge is 2.06. The molecular weight excluding hydrogens is 216 g/mol. The first kappa shape index (κ1) is 12.8. The van der Waals surface area contributed by atoms with Crippen LogP contribution in [0.25, 0.3) is 0 Å². The van der Waals surface area contributed by atoms with Gasteiger partial charge in [0.15, 0.2) is 0 Å². The zero-order valence-electron chi connectivity index (χ0n) is 9.81. The van der Waals surface area contributed by atoms with Crippen molar-refractivity contribution in [3.05, 3.63) is 24.3 Å². The molecule has 0 saturated carbocycles. The first-order chi connectivity index (χ1) is 8.13. The van der Waals surface area contributed by atoms with Crippen molar-refractivity contribution in [2.75, 3.05) is 30.8 Å². The first-order valence-corrected chi connectivity index (χ1v) is 5.34. The Morgan fingerprint density at radius 1 is 1.47 bits per heavy atom. The van der Waals surface area contributed by atoms with Crippen LogP contribution in [0.5, 0.6) is 0 Å². The predicted molar refractivity (Wildman–Crippen MR) is 67.4 cm³/mol. The number of nitriles is 1. The number of amides is 1. The molecule has 5 nitrogen and oxygen atoms in total. The average molecular weight is 232 g/mol. The number of carbonyl (C=O) groups is 1. The van der Waals surface area contributed by atoms with Gasteiger partial charge in [-0.05, 0) is 24.3 Å². The second-order valence-corrected chi connectivity index (χ2v) is 3.71. The van der Waals surface area contributed by atoms with Gasteiger partial charge in [0.05, 0.1) is 19.0 Å². The molecule has 3 N–H and O–H groups in total. The Morgan fingerprint density at radius 2 is 2.12 bits per heavy atom. The molecule has 90 valence electrons. The van der Waals surface area contributed by atoms with E-state index in [9.17, 15) is 4.79 Å². The van der Waals surface area contributed by atoms with Crippen molar-refractivity contribution < 1.29 is 4.79 Å². The summed E-state index contributed by atoms with van der Waals surface area (Å²) in [5.74, 6) is -0.0976. The Balaban J connectivity index is 2.43. The first-order valence-electron chi connectivity index (χ1n) is 5.34. The number of nitrogens with zero attached hydrogens (tertiary/aromatic N) is 2. The highest BCUT2D eigenvalue weighted by molar-refractivity contribution is 5.81. The van der Waals surface area contributed by atoms with E-state index in [1.165, 1.54) is 0 Å². The average Bonchev–Trinajstić information content (AvgIpc) is 2.30. The van der Waals surface area contributed by atoms with Crippen LogP contribution in [0.3, 0.4) is 0 Å². The standard InChI is InChI=1S/C12H16N4O/c1-16(9-12(17)15-8-2-7-13)11-5-3-10(14)4-6-11/h3-6H,2,8-9,14H2,1H3,(H,15,17). The third-order valence-corrected chi connectivity index (χ3v) is 2.27. The molecule has 1 rings (SSSR count). The number of rotatable bonds is 5. The van der Waals surface area contributed by atoms with Crippen molar-refractivity contribution in [2.24, 2.45) is 0 Å². The van der Waals surface area contributed by atoms with Crippen LogP contribution >= 0.6 is 0 Å². The SMILES string of the molecule is CN(CC(=O)NCCC#N)c1ccc(N)cc1. The molecule has 0 spiro atoms. The van der Waals surface area contributed by atoms with Crippen molar-refractivity contribution in [2.45, 2.75) is 6.42 Å². The third-order valence-electron chi connectivity index (χ3n) is 2.27. The largest absolute Gasteiger partial charge is 0.399 e. The molecule has 0 aliphatic rings. The zero-order valence-corrected chi connectivity index (χ0v) is 9.81. The summed E-state index contributed by atoms with van der Waals surface area (Å²) < 4.78 is 0. The van der Waals surface area contributed by atoms with Crippen LogP contribution in [-0.4, -0.2) is 26.0 Å². The Hall–Kier alpha value is -2.22. The van der Waals surface area contributed by atoms with Crippen LogP contribution < -0.4 is 16.0 Å². The molecule has 0 bridgehead atoms. The topological polar surface area (TPSA) is 82.2 Å². The van der Waals surface area contributed by atoms with Gasteiger partial charge in [-0.2, -0.15) is 5.26 Å². The smallest absolute Gasteiger partial charge is 0.239 e. The lowest BCUT2D eigenvalue weighted by Gasteiger charge is -2.18. The van der Waals surface area contributed by atoms with E-state index in [1.54, 1.807) is 12.1 Å². The maximum atomic E-state index is 11.5. The van der Waals surface area contributed by atoms with E-state index in [2.05, 4.69) is 5.32 Å². The Kier molecular flexibility index (Phi) is 4.82. The van der Waals surface area contributed by atoms with Gasteiger partial charge in [-0.3, -0.25) is 4.79 Å². The molecule has 0 unspecified atom stereocenters. The molecule has 1 aromatic carbocycles. The fraction of sp³-hybridized carbons (Fsp3) is 0.333. The van der Waals surface area contributed by atoms with Gasteiger partial charge in [-0.1, -0.05) is 0 Å². The maximum absolute atomic E-state index is 11.5. The fourth-order valence-corrected chi connectivity index (χ4v) is 1.35. The van der Waals surface area contributed by atoms with Gasteiger partial charge in [-0.25, -0.2) is 0 Å². The second kappa shape index (κ2) is 6.38. The lowest BCUT2D eigenvalue weighted by Crippen LogP contribution is -2.35. The van der Waals surface area contributed by atoms with Crippen LogP contribution in [0.15, 0.2) is 24.3 Å². The van der Waals surface area contributed by atoms with Gasteiger partial charge in [-0.15, -0.1) is 0 Å². The minimum Gasteiger partial charge on any atom is -0.399 e. The molecule has 0 atom stereocenters. The molecule has 0 fully saturated rings. The highest BCUT2D eigenvalue weighted by atomic mass is 16.2. The highest BCUT2D eigenvalue weighted by Crippen LogP contribution is 2.14. The number of nitrogens with one attached hydrogen (secondary N) is 1. The number of hydrogen-bond acceptors (Lipinski definition) is 4. The molecule has 17 heavy (non-hydrogen) atoms. The van der Waals surface area contributed by atoms with Gasteiger partial charge in [0.2, 0.25) is 5.91 Å². The molecule has 0 aliphatic heterocycles. The van der Waals surface area contributed by atoms with Crippen molar-refractivity contribution >= 4 is 17.3 Å². The van der Waals surface area contributed by atoms with E-state index >= 15 is 0 Å². The van der Waals surface area contributed by atoms with Gasteiger partial charge < -0.3 is 16.0 Å². The number of carbonyl (C=O) groups excluding carboxylic acids is 1. The third kappa shape index (κ3) is 4.43. The van der Waals surface area contributed by atoms with Crippen LogP contribution in [0.1, 0.15) is 6.42 Å². The van der Waals surface area contributed by atoms with E-state index in [4.69, 9.17) is 11.0 Å². The Morgan fingerprint density at radius 3 is 2.71 bits per heavy atom. The summed E-state index contributed by atoms with van der Waals surface area (Å²) in [5.41, 5.74) is 7.20. The number of nitrogen functional groups attached to an aromatic ring is 1. The number of nitrogens with two attached hydrogens (primary N) is 1. The number of hydrogen-bond donors (Lipinski definition) is 2.